The molecule has 116 valence electrons. The lowest BCUT2D eigenvalue weighted by molar-refractivity contribution is 0.143. The van der Waals surface area contributed by atoms with Crippen LogP contribution >= 0.6 is 0 Å². The molecule has 0 atom stereocenters. The highest BCUT2D eigenvalue weighted by molar-refractivity contribution is 5.74. The van der Waals surface area contributed by atoms with Crippen molar-refractivity contribution in [2.75, 3.05) is 20.7 Å². The third kappa shape index (κ3) is 3.90. The number of carbonyl (C=O) groups is 1. The van der Waals surface area contributed by atoms with Gasteiger partial charge in [0.05, 0.1) is 7.11 Å². The van der Waals surface area contributed by atoms with Crippen molar-refractivity contribution in [2.45, 2.75) is 38.6 Å². The van der Waals surface area contributed by atoms with E-state index in [0.717, 1.165) is 25.1 Å². The molecule has 2 rings (SSSR count). The lowest BCUT2D eigenvalue weighted by Gasteiger charge is -2.41. The van der Waals surface area contributed by atoms with Gasteiger partial charge in [0.15, 0.2) is 0 Å². The molecule has 1 fully saturated rings. The third-order valence-corrected chi connectivity index (χ3v) is 4.21. The fourth-order valence-corrected chi connectivity index (χ4v) is 2.65. The minimum Gasteiger partial charge on any atom is -0.497 e. The van der Waals surface area contributed by atoms with E-state index in [1.54, 1.807) is 7.11 Å². The van der Waals surface area contributed by atoms with Crippen LogP contribution in [0.4, 0.5) is 4.79 Å². The Morgan fingerprint density at radius 1 is 1.43 bits per heavy atom. The normalized spacial score (nSPS) is 20.8. The first-order valence-corrected chi connectivity index (χ1v) is 7.66. The van der Waals surface area contributed by atoms with Crippen LogP contribution in [0.25, 0.3) is 0 Å². The van der Waals surface area contributed by atoms with E-state index >= 15 is 0 Å². The Kier molecular flexibility index (Phi) is 5.10. The van der Waals surface area contributed by atoms with Crippen molar-refractivity contribution < 1.29 is 9.53 Å². The fourth-order valence-electron chi connectivity index (χ4n) is 2.65. The topological polar surface area (TPSA) is 41.6 Å². The second-order valence-corrected chi connectivity index (χ2v) is 6.29. The highest BCUT2D eigenvalue weighted by Crippen LogP contribution is 2.40. The molecule has 0 unspecified atom stereocenters. The molecule has 0 aliphatic heterocycles. The molecule has 1 aliphatic rings. The molecule has 21 heavy (non-hydrogen) atoms. The lowest BCUT2D eigenvalue weighted by Crippen LogP contribution is -2.49. The molecule has 4 nitrogen and oxygen atoms in total. The monoisotopic (exact) mass is 290 g/mol. The smallest absolute Gasteiger partial charge is 0.317 e. The van der Waals surface area contributed by atoms with E-state index in [2.05, 4.69) is 31.3 Å². The number of amides is 2. The van der Waals surface area contributed by atoms with E-state index in [1.807, 2.05) is 24.1 Å². The van der Waals surface area contributed by atoms with Gasteiger partial charge in [-0.1, -0.05) is 26.0 Å². The molecule has 1 N–H and O–H groups in total. The van der Waals surface area contributed by atoms with Crippen LogP contribution in [0.15, 0.2) is 24.3 Å². The molecule has 1 saturated carbocycles. The van der Waals surface area contributed by atoms with Crippen molar-refractivity contribution in [2.24, 2.45) is 5.92 Å². The third-order valence-electron chi connectivity index (χ3n) is 4.21. The number of nitrogens with zero attached hydrogens (tertiary/aromatic N) is 1. The first-order chi connectivity index (χ1) is 10.0. The summed E-state index contributed by atoms with van der Waals surface area (Å²) < 4.78 is 5.27. The summed E-state index contributed by atoms with van der Waals surface area (Å²) in [6.07, 6.45) is 2.05. The maximum atomic E-state index is 12.0. The Bertz CT molecular complexity index is 481. The van der Waals surface area contributed by atoms with Gasteiger partial charge < -0.3 is 15.0 Å². The average Bonchev–Trinajstić information content (AvgIpc) is 2.43. The summed E-state index contributed by atoms with van der Waals surface area (Å²) in [5, 5.41) is 2.97. The zero-order chi connectivity index (χ0) is 15.4. The standard InChI is InChI=1S/C17H26N2O2/c1-12(2)11-18-17(20)19(3)15-8-14(9-15)13-6-5-7-16(10-13)21-4/h5-7,10,12,14-15H,8-9,11H2,1-4H3,(H,18,20). The molecular formula is C17H26N2O2. The van der Waals surface area contributed by atoms with E-state index in [4.69, 9.17) is 4.74 Å². The molecule has 1 aromatic rings. The van der Waals surface area contributed by atoms with Crippen LogP contribution in [0.2, 0.25) is 0 Å². The molecule has 1 aliphatic carbocycles. The number of benzene rings is 1. The Labute approximate surface area is 127 Å². The minimum absolute atomic E-state index is 0.0396. The Balaban J connectivity index is 1.83. The Morgan fingerprint density at radius 3 is 2.76 bits per heavy atom. The quantitative estimate of drug-likeness (QED) is 0.904. The number of hydrogen-bond donors (Lipinski definition) is 1. The summed E-state index contributed by atoms with van der Waals surface area (Å²) in [5.41, 5.74) is 1.31. The molecule has 1 aromatic carbocycles. The summed E-state index contributed by atoms with van der Waals surface area (Å²) >= 11 is 0. The predicted octanol–water partition coefficient (Wildman–Crippen LogP) is 3.24. The van der Waals surface area contributed by atoms with E-state index in [9.17, 15) is 4.79 Å². The maximum absolute atomic E-state index is 12.0. The molecule has 0 spiro atoms. The van der Waals surface area contributed by atoms with E-state index in [-0.39, 0.29) is 6.03 Å². The number of nitrogens with one attached hydrogen (secondary N) is 1. The number of methoxy groups -OCH3 is 1. The minimum atomic E-state index is 0.0396. The molecule has 0 heterocycles. The highest BCUT2D eigenvalue weighted by atomic mass is 16.5. The number of rotatable bonds is 5. The van der Waals surface area contributed by atoms with Gasteiger partial charge in [0.1, 0.15) is 5.75 Å². The highest BCUT2D eigenvalue weighted by Gasteiger charge is 2.35. The molecule has 4 heteroatoms. The van der Waals surface area contributed by atoms with Gasteiger partial charge in [-0.15, -0.1) is 0 Å². The van der Waals surface area contributed by atoms with Crippen molar-refractivity contribution in [1.29, 1.82) is 0 Å². The average molecular weight is 290 g/mol. The Hall–Kier alpha value is -1.71. The maximum Gasteiger partial charge on any atom is 0.317 e. The molecule has 0 saturated heterocycles. The van der Waals surface area contributed by atoms with Gasteiger partial charge in [0.25, 0.3) is 0 Å². The number of hydrogen-bond acceptors (Lipinski definition) is 2. The largest absolute Gasteiger partial charge is 0.497 e. The van der Waals surface area contributed by atoms with Gasteiger partial charge in [-0.25, -0.2) is 4.79 Å². The van der Waals surface area contributed by atoms with Crippen molar-refractivity contribution in [1.82, 2.24) is 10.2 Å². The molecule has 2 amide bonds. The second-order valence-electron chi connectivity index (χ2n) is 6.29. The van der Waals surface area contributed by atoms with Crippen molar-refractivity contribution in [3.8, 4) is 5.75 Å². The van der Waals surface area contributed by atoms with Crippen molar-refractivity contribution in [3.63, 3.8) is 0 Å². The molecule has 0 bridgehead atoms. The lowest BCUT2D eigenvalue weighted by atomic mass is 9.75. The van der Waals surface area contributed by atoms with Crippen LogP contribution in [0.1, 0.15) is 38.2 Å². The summed E-state index contributed by atoms with van der Waals surface area (Å²) in [7, 11) is 3.58. The zero-order valence-electron chi connectivity index (χ0n) is 13.4. The fraction of sp³-hybridized carbons (Fsp3) is 0.588. The SMILES string of the molecule is COc1cccc(C2CC(N(C)C(=O)NCC(C)C)C2)c1. The van der Waals surface area contributed by atoms with Crippen LogP contribution < -0.4 is 10.1 Å². The van der Waals surface area contributed by atoms with Crippen LogP contribution in [0.3, 0.4) is 0 Å². The van der Waals surface area contributed by atoms with Crippen molar-refractivity contribution in [3.05, 3.63) is 29.8 Å². The summed E-state index contributed by atoms with van der Waals surface area (Å²) in [5.74, 6) is 1.91. The number of ether oxygens (including phenoxy) is 1. The van der Waals surface area contributed by atoms with Gasteiger partial charge in [0, 0.05) is 19.6 Å². The zero-order valence-corrected chi connectivity index (χ0v) is 13.4. The van der Waals surface area contributed by atoms with Gasteiger partial charge in [0.2, 0.25) is 0 Å². The van der Waals surface area contributed by atoms with Gasteiger partial charge in [-0.2, -0.15) is 0 Å². The van der Waals surface area contributed by atoms with E-state index < -0.39 is 0 Å². The van der Waals surface area contributed by atoms with Crippen molar-refractivity contribution >= 4 is 6.03 Å². The number of carbonyl (C=O) groups excluding carboxylic acids is 1. The van der Waals surface area contributed by atoms with Crippen LogP contribution in [-0.4, -0.2) is 37.7 Å². The summed E-state index contributed by atoms with van der Waals surface area (Å²) in [6.45, 7) is 4.93. The molecule has 0 radical (unpaired) electrons. The van der Waals surface area contributed by atoms with Gasteiger partial charge in [-0.3, -0.25) is 0 Å². The van der Waals surface area contributed by atoms with Gasteiger partial charge >= 0.3 is 6.03 Å². The predicted molar refractivity (Wildman–Crippen MR) is 84.8 cm³/mol. The first-order valence-electron chi connectivity index (χ1n) is 7.66. The van der Waals surface area contributed by atoms with Crippen LogP contribution in [-0.2, 0) is 0 Å². The molecule has 0 aromatic heterocycles. The van der Waals surface area contributed by atoms with Crippen LogP contribution in [0, 0.1) is 5.92 Å². The van der Waals surface area contributed by atoms with Crippen LogP contribution in [0.5, 0.6) is 5.75 Å². The van der Waals surface area contributed by atoms with E-state index in [1.165, 1.54) is 5.56 Å². The second kappa shape index (κ2) is 6.83. The van der Waals surface area contributed by atoms with Gasteiger partial charge in [-0.05, 0) is 42.4 Å². The summed E-state index contributed by atoms with van der Waals surface area (Å²) in [6, 6.07) is 8.61. The Morgan fingerprint density at radius 2 is 2.14 bits per heavy atom. The number of urea groups is 1. The van der Waals surface area contributed by atoms with E-state index in [0.29, 0.717) is 17.9 Å². The molecular weight excluding hydrogens is 264 g/mol. The first kappa shape index (κ1) is 15.7. The summed E-state index contributed by atoms with van der Waals surface area (Å²) in [4.78, 5) is 13.9.